The second kappa shape index (κ2) is 4.49. The summed E-state index contributed by atoms with van der Waals surface area (Å²) in [7, 11) is -3.62. The maximum atomic E-state index is 11.0. The van der Waals surface area contributed by atoms with Crippen molar-refractivity contribution >= 4 is 16.4 Å². The highest BCUT2D eigenvalue weighted by molar-refractivity contribution is 7.86. The Labute approximate surface area is 102 Å². The SMILES string of the molecule is CC(C)(C)c1ccc(OS(C)(=O)=O)c(C=O)c1. The van der Waals surface area contributed by atoms with E-state index in [4.69, 9.17) is 4.18 Å². The highest BCUT2D eigenvalue weighted by Gasteiger charge is 2.17. The second-order valence-corrected chi connectivity index (χ2v) is 6.48. The third-order valence-corrected chi connectivity index (χ3v) is 2.73. The van der Waals surface area contributed by atoms with Gasteiger partial charge in [0.1, 0.15) is 0 Å². The molecule has 0 radical (unpaired) electrons. The van der Waals surface area contributed by atoms with Gasteiger partial charge in [0.25, 0.3) is 0 Å². The Kier molecular flexibility index (Phi) is 3.62. The second-order valence-electron chi connectivity index (χ2n) is 4.91. The van der Waals surface area contributed by atoms with Gasteiger partial charge in [0.15, 0.2) is 12.0 Å². The molecular weight excluding hydrogens is 240 g/mol. The molecule has 0 aliphatic heterocycles. The van der Waals surface area contributed by atoms with Crippen molar-refractivity contribution in [3.05, 3.63) is 29.3 Å². The van der Waals surface area contributed by atoms with Crippen molar-refractivity contribution in [2.45, 2.75) is 26.2 Å². The first-order valence-electron chi connectivity index (χ1n) is 5.12. The minimum absolute atomic E-state index is 0.0653. The minimum Gasteiger partial charge on any atom is -0.382 e. The van der Waals surface area contributed by atoms with Gasteiger partial charge in [0.2, 0.25) is 0 Å². The summed E-state index contributed by atoms with van der Waals surface area (Å²) in [5.41, 5.74) is 1.07. The summed E-state index contributed by atoms with van der Waals surface area (Å²) >= 11 is 0. The largest absolute Gasteiger partial charge is 0.382 e. The number of hydrogen-bond acceptors (Lipinski definition) is 4. The van der Waals surface area contributed by atoms with E-state index in [2.05, 4.69) is 0 Å². The maximum absolute atomic E-state index is 11.0. The molecule has 1 aromatic rings. The molecule has 0 aliphatic rings. The van der Waals surface area contributed by atoms with E-state index >= 15 is 0 Å². The zero-order chi connectivity index (χ0) is 13.3. The van der Waals surface area contributed by atoms with Crippen molar-refractivity contribution in [3.63, 3.8) is 0 Å². The molecule has 0 atom stereocenters. The molecule has 0 N–H and O–H groups in total. The van der Waals surface area contributed by atoms with Gasteiger partial charge in [0.05, 0.1) is 11.8 Å². The van der Waals surface area contributed by atoms with E-state index in [0.717, 1.165) is 11.8 Å². The summed E-state index contributed by atoms with van der Waals surface area (Å²) in [5, 5.41) is 0. The summed E-state index contributed by atoms with van der Waals surface area (Å²) in [6.45, 7) is 6.02. The van der Waals surface area contributed by atoms with Gasteiger partial charge < -0.3 is 4.18 Å². The third-order valence-electron chi connectivity index (χ3n) is 2.24. The van der Waals surface area contributed by atoms with E-state index in [-0.39, 0.29) is 16.7 Å². The van der Waals surface area contributed by atoms with Crippen LogP contribution in [0.3, 0.4) is 0 Å². The average molecular weight is 256 g/mol. The van der Waals surface area contributed by atoms with Gasteiger partial charge >= 0.3 is 10.1 Å². The van der Waals surface area contributed by atoms with Crippen LogP contribution >= 0.6 is 0 Å². The standard InChI is InChI=1S/C12H16O4S/c1-12(2,3)10-5-6-11(9(7-10)8-13)16-17(4,14)15/h5-8H,1-4H3. The van der Waals surface area contributed by atoms with Crippen LogP contribution in [0.2, 0.25) is 0 Å². The van der Waals surface area contributed by atoms with Crippen molar-refractivity contribution in [2.75, 3.05) is 6.26 Å². The van der Waals surface area contributed by atoms with Crippen LogP contribution in [0.4, 0.5) is 0 Å². The van der Waals surface area contributed by atoms with Crippen molar-refractivity contribution in [2.24, 2.45) is 0 Å². The van der Waals surface area contributed by atoms with Crippen molar-refractivity contribution < 1.29 is 17.4 Å². The van der Waals surface area contributed by atoms with Gasteiger partial charge in [-0.1, -0.05) is 26.8 Å². The van der Waals surface area contributed by atoms with Crippen LogP contribution in [0, 0.1) is 0 Å². The van der Waals surface area contributed by atoms with E-state index < -0.39 is 10.1 Å². The number of rotatable bonds is 3. The molecule has 5 heteroatoms. The normalized spacial score (nSPS) is 12.2. The lowest BCUT2D eigenvalue weighted by molar-refractivity contribution is 0.112. The zero-order valence-corrected chi connectivity index (χ0v) is 11.2. The van der Waals surface area contributed by atoms with Crippen LogP contribution in [0.5, 0.6) is 5.75 Å². The Morgan fingerprint density at radius 1 is 1.24 bits per heavy atom. The molecule has 0 aromatic heterocycles. The van der Waals surface area contributed by atoms with E-state index in [1.54, 1.807) is 12.1 Å². The average Bonchev–Trinajstić information content (AvgIpc) is 2.14. The molecule has 0 unspecified atom stereocenters. The Bertz CT molecular complexity index is 524. The Morgan fingerprint density at radius 3 is 2.24 bits per heavy atom. The lowest BCUT2D eigenvalue weighted by atomic mass is 9.86. The fourth-order valence-corrected chi connectivity index (χ4v) is 1.82. The highest BCUT2D eigenvalue weighted by Crippen LogP contribution is 2.27. The van der Waals surface area contributed by atoms with Crippen LogP contribution in [-0.4, -0.2) is 21.0 Å². The first-order chi connectivity index (χ1) is 7.63. The van der Waals surface area contributed by atoms with Crippen LogP contribution < -0.4 is 4.18 Å². The molecular formula is C12H16O4S. The molecule has 0 heterocycles. The molecule has 0 fully saturated rings. The topological polar surface area (TPSA) is 60.4 Å². The molecule has 4 nitrogen and oxygen atoms in total. The molecule has 17 heavy (non-hydrogen) atoms. The fourth-order valence-electron chi connectivity index (χ4n) is 1.35. The van der Waals surface area contributed by atoms with Gasteiger partial charge in [-0.15, -0.1) is 0 Å². The van der Waals surface area contributed by atoms with Crippen molar-refractivity contribution in [3.8, 4) is 5.75 Å². The lowest BCUT2D eigenvalue weighted by Gasteiger charge is -2.20. The van der Waals surface area contributed by atoms with Crippen LogP contribution in [-0.2, 0) is 15.5 Å². The number of carbonyl (C=O) groups is 1. The van der Waals surface area contributed by atoms with Gasteiger partial charge in [-0.3, -0.25) is 4.79 Å². The van der Waals surface area contributed by atoms with Gasteiger partial charge in [0, 0.05) is 0 Å². The summed E-state index contributed by atoms with van der Waals surface area (Å²) in [6, 6.07) is 4.91. The van der Waals surface area contributed by atoms with Crippen molar-refractivity contribution in [1.82, 2.24) is 0 Å². The minimum atomic E-state index is -3.62. The number of benzene rings is 1. The number of carbonyl (C=O) groups excluding carboxylic acids is 1. The fraction of sp³-hybridized carbons (Fsp3) is 0.417. The smallest absolute Gasteiger partial charge is 0.306 e. The van der Waals surface area contributed by atoms with Crippen LogP contribution in [0.25, 0.3) is 0 Å². The highest BCUT2D eigenvalue weighted by atomic mass is 32.2. The van der Waals surface area contributed by atoms with Gasteiger partial charge in [-0.05, 0) is 23.1 Å². The summed E-state index contributed by atoms with van der Waals surface area (Å²) in [5.74, 6) is 0.0653. The summed E-state index contributed by atoms with van der Waals surface area (Å²) in [6.07, 6.45) is 1.54. The zero-order valence-electron chi connectivity index (χ0n) is 10.4. The van der Waals surface area contributed by atoms with E-state index in [1.807, 2.05) is 20.8 Å². The number of hydrogen-bond donors (Lipinski definition) is 0. The molecule has 94 valence electrons. The summed E-state index contributed by atoms with van der Waals surface area (Å²) in [4.78, 5) is 10.9. The Balaban J connectivity index is 3.24. The van der Waals surface area contributed by atoms with E-state index in [9.17, 15) is 13.2 Å². The van der Waals surface area contributed by atoms with Gasteiger partial charge in [-0.2, -0.15) is 8.42 Å². The van der Waals surface area contributed by atoms with Crippen molar-refractivity contribution in [1.29, 1.82) is 0 Å². The predicted octanol–water partition coefficient (Wildman–Crippen LogP) is 2.14. The molecule has 0 aliphatic carbocycles. The first kappa shape index (κ1) is 13.7. The molecule has 0 amide bonds. The quantitative estimate of drug-likeness (QED) is 0.614. The van der Waals surface area contributed by atoms with Crippen LogP contribution in [0.15, 0.2) is 18.2 Å². The number of aldehydes is 1. The van der Waals surface area contributed by atoms with E-state index in [0.29, 0.717) is 6.29 Å². The molecule has 0 saturated carbocycles. The third kappa shape index (κ3) is 3.85. The molecule has 1 rings (SSSR count). The van der Waals surface area contributed by atoms with E-state index in [1.165, 1.54) is 6.07 Å². The lowest BCUT2D eigenvalue weighted by Crippen LogP contribution is -2.13. The molecule has 0 saturated heterocycles. The molecule has 0 spiro atoms. The Morgan fingerprint density at radius 2 is 1.82 bits per heavy atom. The monoisotopic (exact) mass is 256 g/mol. The first-order valence-corrected chi connectivity index (χ1v) is 6.94. The Hall–Kier alpha value is -1.36. The molecule has 0 bridgehead atoms. The van der Waals surface area contributed by atoms with Gasteiger partial charge in [-0.25, -0.2) is 0 Å². The summed E-state index contributed by atoms with van der Waals surface area (Å²) < 4.78 is 26.8. The van der Waals surface area contributed by atoms with Crippen LogP contribution in [0.1, 0.15) is 36.7 Å². The maximum Gasteiger partial charge on any atom is 0.306 e. The predicted molar refractivity (Wildman–Crippen MR) is 66.0 cm³/mol. The molecule has 1 aromatic carbocycles.